The van der Waals surface area contributed by atoms with E-state index in [0.717, 1.165) is 11.3 Å². The highest BCUT2D eigenvalue weighted by Gasteiger charge is 2.20. The van der Waals surface area contributed by atoms with E-state index in [0.29, 0.717) is 34.0 Å². The standard InChI is InChI=1S/C15H15FN4O3S/c1-7(2)23-10-5-8(16)3-4-9(10)19-12-11-13(18-6-17-12)24-14(20-11)15(21)22/h5-7H,3-4H2,1-2H3,(H,21,22)(H,17,18,19). The van der Waals surface area contributed by atoms with Gasteiger partial charge in [-0.2, -0.15) is 0 Å². The number of hydrogen-bond donors (Lipinski definition) is 2. The van der Waals surface area contributed by atoms with Gasteiger partial charge in [0, 0.05) is 12.5 Å². The summed E-state index contributed by atoms with van der Waals surface area (Å²) in [5, 5.41) is 12.1. The molecular weight excluding hydrogens is 335 g/mol. The van der Waals surface area contributed by atoms with Gasteiger partial charge in [0.2, 0.25) is 5.01 Å². The normalized spacial score (nSPS) is 14.9. The number of carboxylic acids is 1. The minimum atomic E-state index is -1.12. The lowest BCUT2D eigenvalue weighted by atomic mass is 10.1. The molecule has 0 atom stereocenters. The van der Waals surface area contributed by atoms with Crippen molar-refractivity contribution < 1.29 is 19.0 Å². The summed E-state index contributed by atoms with van der Waals surface area (Å²) in [6, 6.07) is 0. The van der Waals surface area contributed by atoms with Crippen LogP contribution < -0.4 is 5.32 Å². The van der Waals surface area contributed by atoms with E-state index in [4.69, 9.17) is 9.84 Å². The van der Waals surface area contributed by atoms with Gasteiger partial charge in [-0.15, -0.1) is 0 Å². The fraction of sp³-hybridized carbons (Fsp3) is 0.333. The van der Waals surface area contributed by atoms with Gasteiger partial charge >= 0.3 is 5.97 Å². The number of rotatable bonds is 5. The Hall–Kier alpha value is -2.55. The van der Waals surface area contributed by atoms with E-state index in [2.05, 4.69) is 20.3 Å². The van der Waals surface area contributed by atoms with Crippen LogP contribution in [0.3, 0.4) is 0 Å². The molecule has 2 N–H and O–H groups in total. The van der Waals surface area contributed by atoms with E-state index in [-0.39, 0.29) is 23.4 Å². The van der Waals surface area contributed by atoms with Crippen molar-refractivity contribution in [3.63, 3.8) is 0 Å². The number of nitrogens with one attached hydrogen (secondary N) is 1. The number of thiazole rings is 1. The van der Waals surface area contributed by atoms with E-state index in [1.165, 1.54) is 12.4 Å². The Labute approximate surface area is 140 Å². The molecule has 9 heteroatoms. The Kier molecular flexibility index (Phi) is 4.43. The smallest absolute Gasteiger partial charge is 0.365 e. The highest BCUT2D eigenvalue weighted by Crippen LogP contribution is 2.30. The van der Waals surface area contributed by atoms with Gasteiger partial charge in [0.25, 0.3) is 0 Å². The Morgan fingerprint density at radius 1 is 1.42 bits per heavy atom. The van der Waals surface area contributed by atoms with Crippen molar-refractivity contribution >= 4 is 33.5 Å². The Bertz CT molecular complexity index is 860. The van der Waals surface area contributed by atoms with Crippen LogP contribution in [0.15, 0.2) is 29.7 Å². The molecule has 1 aliphatic rings. The predicted octanol–water partition coefficient (Wildman–Crippen LogP) is 3.48. The average Bonchev–Trinajstić information content (AvgIpc) is 2.95. The maximum Gasteiger partial charge on any atom is 0.365 e. The molecule has 0 saturated carbocycles. The summed E-state index contributed by atoms with van der Waals surface area (Å²) in [5.74, 6) is -0.575. The summed E-state index contributed by atoms with van der Waals surface area (Å²) in [5.41, 5.74) is 1.04. The number of aromatic carboxylic acids is 1. The Morgan fingerprint density at radius 2 is 2.21 bits per heavy atom. The van der Waals surface area contributed by atoms with Crippen LogP contribution in [0.2, 0.25) is 0 Å². The summed E-state index contributed by atoms with van der Waals surface area (Å²) < 4.78 is 19.2. The van der Waals surface area contributed by atoms with Crippen LogP contribution in [-0.2, 0) is 4.74 Å². The molecule has 2 heterocycles. The third-order valence-electron chi connectivity index (χ3n) is 3.21. The molecule has 0 aromatic carbocycles. The van der Waals surface area contributed by atoms with Crippen LogP contribution in [0, 0.1) is 0 Å². The molecule has 7 nitrogen and oxygen atoms in total. The van der Waals surface area contributed by atoms with Crippen molar-refractivity contribution in [3.05, 3.63) is 34.7 Å². The molecule has 0 unspecified atom stereocenters. The lowest BCUT2D eigenvalue weighted by Gasteiger charge is -2.20. The lowest BCUT2D eigenvalue weighted by molar-refractivity contribution is 0.0696. The van der Waals surface area contributed by atoms with Crippen LogP contribution in [0.1, 0.15) is 36.5 Å². The highest BCUT2D eigenvalue weighted by molar-refractivity contribution is 7.19. The van der Waals surface area contributed by atoms with Crippen molar-refractivity contribution in [2.24, 2.45) is 0 Å². The van der Waals surface area contributed by atoms with Crippen molar-refractivity contribution in [2.75, 3.05) is 5.32 Å². The third-order valence-corrected chi connectivity index (χ3v) is 4.16. The Morgan fingerprint density at radius 3 is 2.92 bits per heavy atom. The fourth-order valence-electron chi connectivity index (χ4n) is 2.23. The molecule has 3 rings (SSSR count). The molecule has 24 heavy (non-hydrogen) atoms. The van der Waals surface area contributed by atoms with Gasteiger partial charge in [0.05, 0.1) is 11.8 Å². The molecule has 0 spiro atoms. The van der Waals surface area contributed by atoms with Crippen LogP contribution in [-0.4, -0.2) is 32.1 Å². The summed E-state index contributed by atoms with van der Waals surface area (Å²) in [4.78, 5) is 23.8. The number of anilines is 1. The van der Waals surface area contributed by atoms with Gasteiger partial charge in [-0.25, -0.2) is 24.1 Å². The van der Waals surface area contributed by atoms with Crippen molar-refractivity contribution in [3.8, 4) is 0 Å². The molecule has 0 amide bonds. The van der Waals surface area contributed by atoms with Crippen LogP contribution in [0.4, 0.5) is 10.2 Å². The number of halogens is 1. The zero-order chi connectivity index (χ0) is 17.3. The summed E-state index contributed by atoms with van der Waals surface area (Å²) in [7, 11) is 0. The summed E-state index contributed by atoms with van der Waals surface area (Å²) in [6.07, 6.45) is 3.26. The number of aromatic nitrogens is 3. The topological polar surface area (TPSA) is 97.2 Å². The van der Waals surface area contributed by atoms with Gasteiger partial charge in [0.15, 0.2) is 5.82 Å². The second-order valence-corrected chi connectivity index (χ2v) is 6.40. The first-order valence-electron chi connectivity index (χ1n) is 7.31. The van der Waals surface area contributed by atoms with Crippen LogP contribution in [0.25, 0.3) is 10.3 Å². The van der Waals surface area contributed by atoms with Crippen LogP contribution in [0.5, 0.6) is 0 Å². The maximum atomic E-state index is 13.6. The van der Waals surface area contributed by atoms with Gasteiger partial charge in [-0.1, -0.05) is 11.3 Å². The minimum absolute atomic E-state index is 0.0595. The molecule has 0 saturated heterocycles. The van der Waals surface area contributed by atoms with Crippen LogP contribution >= 0.6 is 11.3 Å². The number of ether oxygens (including phenoxy) is 1. The molecule has 0 radical (unpaired) electrons. The van der Waals surface area contributed by atoms with Gasteiger partial charge in [-0.3, -0.25) is 0 Å². The zero-order valence-corrected chi connectivity index (χ0v) is 13.9. The van der Waals surface area contributed by atoms with Crippen molar-refractivity contribution in [2.45, 2.75) is 32.8 Å². The number of carboxylic acid groups (broad SMARTS) is 1. The fourth-order valence-corrected chi connectivity index (χ4v) is 2.98. The van der Waals surface area contributed by atoms with Crippen molar-refractivity contribution in [1.82, 2.24) is 15.0 Å². The largest absolute Gasteiger partial charge is 0.489 e. The molecular formula is C15H15FN4O3S. The van der Waals surface area contributed by atoms with Gasteiger partial charge in [0.1, 0.15) is 28.3 Å². The van der Waals surface area contributed by atoms with Crippen molar-refractivity contribution in [1.29, 1.82) is 0 Å². The van der Waals surface area contributed by atoms with E-state index in [9.17, 15) is 9.18 Å². The highest BCUT2D eigenvalue weighted by atomic mass is 32.1. The maximum absolute atomic E-state index is 13.6. The zero-order valence-electron chi connectivity index (χ0n) is 13.0. The monoisotopic (exact) mass is 350 g/mol. The number of hydrogen-bond acceptors (Lipinski definition) is 7. The molecule has 1 aliphatic carbocycles. The lowest BCUT2D eigenvalue weighted by Crippen LogP contribution is -2.13. The third kappa shape index (κ3) is 3.35. The Balaban J connectivity index is 2.00. The number of allylic oxidation sites excluding steroid dienone is 3. The average molecular weight is 350 g/mol. The number of nitrogens with zero attached hydrogens (tertiary/aromatic N) is 3. The quantitative estimate of drug-likeness (QED) is 0.852. The first kappa shape index (κ1) is 16.3. The van der Waals surface area contributed by atoms with E-state index < -0.39 is 5.97 Å². The molecule has 0 bridgehead atoms. The SMILES string of the molecule is CC(C)OC1=C(Nc2ncnc3sc(C(=O)O)nc23)CCC(F)=C1. The summed E-state index contributed by atoms with van der Waals surface area (Å²) >= 11 is 0.972. The van der Waals surface area contributed by atoms with E-state index in [1.807, 2.05) is 13.8 Å². The molecule has 0 fully saturated rings. The predicted molar refractivity (Wildman–Crippen MR) is 87.5 cm³/mol. The molecule has 126 valence electrons. The number of carbonyl (C=O) groups is 1. The first-order chi connectivity index (χ1) is 11.4. The van der Waals surface area contributed by atoms with E-state index >= 15 is 0 Å². The van der Waals surface area contributed by atoms with Gasteiger partial charge in [-0.05, 0) is 20.3 Å². The molecule has 2 aromatic heterocycles. The second kappa shape index (κ2) is 6.52. The van der Waals surface area contributed by atoms with E-state index in [1.54, 1.807) is 0 Å². The second-order valence-electron chi connectivity index (χ2n) is 5.43. The minimum Gasteiger partial charge on any atom is -0.489 e. The number of fused-ring (bicyclic) bond motifs is 1. The summed E-state index contributed by atoms with van der Waals surface area (Å²) in [6.45, 7) is 3.71. The molecule has 0 aliphatic heterocycles. The molecule has 2 aromatic rings. The van der Waals surface area contributed by atoms with Gasteiger partial charge < -0.3 is 15.2 Å². The first-order valence-corrected chi connectivity index (χ1v) is 8.13.